The van der Waals surface area contributed by atoms with Gasteiger partial charge >= 0.3 is 6.18 Å². The lowest BCUT2D eigenvalue weighted by Crippen LogP contribution is -2.24. The number of ketones is 1. The van der Waals surface area contributed by atoms with E-state index in [9.17, 15) is 18.0 Å². The van der Waals surface area contributed by atoms with Crippen molar-refractivity contribution in [2.24, 2.45) is 0 Å². The Hall–Kier alpha value is -1.46. The van der Waals surface area contributed by atoms with Gasteiger partial charge in [0.15, 0.2) is 0 Å². The van der Waals surface area contributed by atoms with Gasteiger partial charge in [0.05, 0.1) is 0 Å². The van der Waals surface area contributed by atoms with E-state index in [0.717, 1.165) is 0 Å². The molecule has 0 amide bonds. The topological polar surface area (TPSA) is 32.3 Å². The molecule has 0 atom stereocenters. The van der Waals surface area contributed by atoms with Crippen LogP contribution in [0, 0.1) is 0 Å². The third-order valence-electron chi connectivity index (χ3n) is 1.46. The van der Waals surface area contributed by atoms with Crippen LogP contribution in [0.4, 0.5) is 13.2 Å². The maximum absolute atomic E-state index is 11.8. The van der Waals surface area contributed by atoms with Crippen LogP contribution in [0.5, 0.6) is 0 Å². The lowest BCUT2D eigenvalue weighted by atomic mass is 10.3. The van der Waals surface area contributed by atoms with Gasteiger partial charge in [-0.3, -0.25) is 4.79 Å². The van der Waals surface area contributed by atoms with Crippen molar-refractivity contribution in [3.63, 3.8) is 0 Å². The van der Waals surface area contributed by atoms with E-state index < -0.39 is 12.0 Å². The molecule has 0 aromatic carbocycles. The highest BCUT2D eigenvalue weighted by atomic mass is 19.4. The summed E-state index contributed by atoms with van der Waals surface area (Å²) in [4.78, 5) is 11.8. The van der Waals surface area contributed by atoms with Gasteiger partial charge in [0.25, 0.3) is 5.78 Å². The highest BCUT2D eigenvalue weighted by Gasteiger charge is 2.37. The molecule has 0 saturated heterocycles. The monoisotopic (exact) mass is 192 g/mol. The van der Waals surface area contributed by atoms with Gasteiger partial charge < -0.3 is 10.2 Å². The second-order valence-electron chi connectivity index (χ2n) is 2.46. The second kappa shape index (κ2) is 3.12. The summed E-state index contributed by atoms with van der Waals surface area (Å²) >= 11 is 0. The van der Waals surface area contributed by atoms with Crippen LogP contribution in [-0.2, 0) is 4.79 Å². The maximum Gasteiger partial charge on any atom is 0.454 e. The van der Waals surface area contributed by atoms with Crippen LogP contribution >= 0.6 is 0 Å². The largest absolute Gasteiger partial charge is 0.454 e. The van der Waals surface area contributed by atoms with Crippen molar-refractivity contribution >= 4 is 5.78 Å². The minimum atomic E-state index is -4.81. The van der Waals surface area contributed by atoms with Crippen molar-refractivity contribution in [3.8, 4) is 0 Å². The first kappa shape index (κ1) is 9.63. The molecule has 13 heavy (non-hydrogen) atoms. The van der Waals surface area contributed by atoms with Gasteiger partial charge in [-0.15, -0.1) is 0 Å². The molecular formula is C7H7F3N2O. The van der Waals surface area contributed by atoms with E-state index >= 15 is 0 Å². The minimum absolute atomic E-state index is 0.113. The SMILES string of the molecule is CN1C=CN/C1=C\C(=O)C(F)(F)F. The van der Waals surface area contributed by atoms with E-state index in [2.05, 4.69) is 5.32 Å². The van der Waals surface area contributed by atoms with E-state index in [0.29, 0.717) is 6.08 Å². The molecule has 6 heteroatoms. The third kappa shape index (κ3) is 2.24. The molecule has 0 aromatic rings. The lowest BCUT2D eigenvalue weighted by molar-refractivity contribution is -0.165. The molecule has 1 aliphatic heterocycles. The smallest absolute Gasteiger partial charge is 0.347 e. The quantitative estimate of drug-likeness (QED) is 0.628. The Kier molecular flexibility index (Phi) is 2.31. The summed E-state index contributed by atoms with van der Waals surface area (Å²) in [5.41, 5.74) is 0. The molecule has 0 aromatic heterocycles. The average Bonchev–Trinajstić information content (AvgIpc) is 2.34. The predicted octanol–water partition coefficient (Wildman–Crippen LogP) is 0.965. The lowest BCUT2D eigenvalue weighted by Gasteiger charge is -2.10. The molecule has 0 bridgehead atoms. The van der Waals surface area contributed by atoms with Gasteiger partial charge in [-0.1, -0.05) is 0 Å². The molecule has 1 aliphatic rings. The van der Waals surface area contributed by atoms with Gasteiger partial charge in [-0.2, -0.15) is 13.2 Å². The highest BCUT2D eigenvalue weighted by molar-refractivity contribution is 5.94. The Labute approximate surface area is 72.5 Å². The van der Waals surface area contributed by atoms with Crippen molar-refractivity contribution in [1.29, 1.82) is 0 Å². The summed E-state index contributed by atoms with van der Waals surface area (Å²) in [6, 6.07) is 0. The van der Waals surface area contributed by atoms with Crippen LogP contribution in [-0.4, -0.2) is 23.9 Å². The standard InChI is InChI=1S/C7H7F3N2O/c1-12-3-2-11-6(12)4-5(13)7(8,9)10/h2-4,11H,1H3/b6-4+. The number of hydrogen-bond donors (Lipinski definition) is 1. The highest BCUT2D eigenvalue weighted by Crippen LogP contribution is 2.18. The summed E-state index contributed by atoms with van der Waals surface area (Å²) in [5.74, 6) is -1.76. The zero-order valence-electron chi connectivity index (χ0n) is 6.72. The van der Waals surface area contributed by atoms with E-state index in [4.69, 9.17) is 0 Å². The van der Waals surface area contributed by atoms with Gasteiger partial charge in [-0.05, 0) is 0 Å². The molecule has 1 heterocycles. The Balaban J connectivity index is 2.73. The molecule has 0 radical (unpaired) electrons. The van der Waals surface area contributed by atoms with Gasteiger partial charge in [0.1, 0.15) is 5.82 Å². The summed E-state index contributed by atoms with van der Waals surface area (Å²) in [6.45, 7) is 0. The zero-order valence-corrected chi connectivity index (χ0v) is 6.72. The Morgan fingerprint density at radius 2 is 2.23 bits per heavy atom. The molecule has 0 spiro atoms. The van der Waals surface area contributed by atoms with Crippen LogP contribution in [0.15, 0.2) is 24.3 Å². The number of nitrogens with one attached hydrogen (secondary N) is 1. The second-order valence-corrected chi connectivity index (χ2v) is 2.46. The van der Waals surface area contributed by atoms with Crippen molar-refractivity contribution in [1.82, 2.24) is 10.2 Å². The fourth-order valence-corrected chi connectivity index (χ4v) is 0.766. The molecule has 0 aliphatic carbocycles. The molecule has 1 N–H and O–H groups in total. The van der Waals surface area contributed by atoms with E-state index in [1.54, 1.807) is 0 Å². The van der Waals surface area contributed by atoms with Crippen LogP contribution in [0.1, 0.15) is 0 Å². The van der Waals surface area contributed by atoms with Crippen LogP contribution in [0.3, 0.4) is 0 Å². The number of carbonyl (C=O) groups excluding carboxylic acids is 1. The van der Waals surface area contributed by atoms with Crippen molar-refractivity contribution in [2.75, 3.05) is 7.05 Å². The van der Waals surface area contributed by atoms with Gasteiger partial charge in [0, 0.05) is 25.5 Å². The molecule has 0 fully saturated rings. The predicted molar refractivity (Wildman–Crippen MR) is 39.2 cm³/mol. The number of carbonyl (C=O) groups is 1. The van der Waals surface area contributed by atoms with Crippen LogP contribution < -0.4 is 5.32 Å². The number of halogens is 3. The first-order valence-electron chi connectivity index (χ1n) is 3.40. The number of rotatable bonds is 1. The fraction of sp³-hybridized carbons (Fsp3) is 0.286. The number of alkyl halides is 3. The summed E-state index contributed by atoms with van der Waals surface area (Å²) < 4.78 is 35.3. The first-order chi connectivity index (χ1) is 5.91. The number of allylic oxidation sites excluding steroid dienone is 1. The van der Waals surface area contributed by atoms with Crippen molar-refractivity contribution in [2.45, 2.75) is 6.18 Å². The Morgan fingerprint density at radius 1 is 1.62 bits per heavy atom. The van der Waals surface area contributed by atoms with Crippen molar-refractivity contribution < 1.29 is 18.0 Å². The molecule has 0 saturated carbocycles. The van der Waals surface area contributed by atoms with E-state index in [-0.39, 0.29) is 5.82 Å². The van der Waals surface area contributed by atoms with E-state index in [1.807, 2.05) is 0 Å². The van der Waals surface area contributed by atoms with Crippen molar-refractivity contribution in [3.05, 3.63) is 24.3 Å². The molecular weight excluding hydrogens is 185 g/mol. The summed E-state index contributed by atoms with van der Waals surface area (Å²) in [7, 11) is 1.53. The molecule has 0 unspecified atom stereocenters. The fourth-order valence-electron chi connectivity index (χ4n) is 0.766. The zero-order chi connectivity index (χ0) is 10.1. The van der Waals surface area contributed by atoms with Crippen LogP contribution in [0.25, 0.3) is 0 Å². The first-order valence-corrected chi connectivity index (χ1v) is 3.40. The number of hydrogen-bond acceptors (Lipinski definition) is 3. The molecule has 3 nitrogen and oxygen atoms in total. The number of nitrogens with zero attached hydrogens (tertiary/aromatic N) is 1. The minimum Gasteiger partial charge on any atom is -0.347 e. The van der Waals surface area contributed by atoms with E-state index in [1.165, 1.54) is 24.3 Å². The normalized spacial score (nSPS) is 19.4. The molecule has 1 rings (SSSR count). The Morgan fingerprint density at radius 3 is 2.62 bits per heavy atom. The molecule has 72 valence electrons. The summed E-state index contributed by atoms with van der Waals surface area (Å²) in [6.07, 6.45) is -1.34. The Bertz CT molecular complexity index is 280. The third-order valence-corrected chi connectivity index (χ3v) is 1.46. The maximum atomic E-state index is 11.8. The van der Waals surface area contributed by atoms with Gasteiger partial charge in [0.2, 0.25) is 0 Å². The van der Waals surface area contributed by atoms with Crippen LogP contribution in [0.2, 0.25) is 0 Å². The average molecular weight is 192 g/mol. The summed E-state index contributed by atoms with van der Waals surface area (Å²) in [5, 5.41) is 2.50. The van der Waals surface area contributed by atoms with Gasteiger partial charge in [-0.25, -0.2) is 0 Å².